The molecule has 0 spiro atoms. The SMILES string of the molecule is N#CC1=Cc2ccccc2OC1. The molecule has 0 saturated heterocycles. The van der Waals surface area contributed by atoms with Crippen LogP contribution in [0.2, 0.25) is 0 Å². The van der Waals surface area contributed by atoms with Gasteiger partial charge in [-0.1, -0.05) is 18.2 Å². The molecule has 0 unspecified atom stereocenters. The number of hydrogen-bond donors (Lipinski definition) is 0. The number of ether oxygens (including phenoxy) is 1. The molecule has 1 heterocycles. The fraction of sp³-hybridized carbons (Fsp3) is 0.100. The van der Waals surface area contributed by atoms with Crippen LogP contribution in [0.1, 0.15) is 5.56 Å². The Bertz CT molecular complexity index is 374. The fourth-order valence-electron chi connectivity index (χ4n) is 1.18. The van der Waals surface area contributed by atoms with E-state index in [9.17, 15) is 0 Å². The highest BCUT2D eigenvalue weighted by atomic mass is 16.5. The maximum absolute atomic E-state index is 8.62. The van der Waals surface area contributed by atoms with Crippen molar-refractivity contribution in [3.63, 3.8) is 0 Å². The lowest BCUT2D eigenvalue weighted by Gasteiger charge is -2.13. The Morgan fingerprint density at radius 3 is 3.00 bits per heavy atom. The Morgan fingerprint density at radius 1 is 1.33 bits per heavy atom. The van der Waals surface area contributed by atoms with E-state index >= 15 is 0 Å². The molecule has 12 heavy (non-hydrogen) atoms. The molecular formula is C10H7NO. The molecule has 0 aliphatic carbocycles. The van der Waals surface area contributed by atoms with Crippen molar-refractivity contribution < 1.29 is 4.74 Å². The van der Waals surface area contributed by atoms with Gasteiger partial charge >= 0.3 is 0 Å². The molecule has 0 N–H and O–H groups in total. The van der Waals surface area contributed by atoms with Crippen molar-refractivity contribution in [1.29, 1.82) is 5.26 Å². The summed E-state index contributed by atoms with van der Waals surface area (Å²) in [5.41, 5.74) is 1.66. The molecule has 2 nitrogen and oxygen atoms in total. The van der Waals surface area contributed by atoms with Crippen LogP contribution in [0, 0.1) is 11.3 Å². The van der Waals surface area contributed by atoms with Crippen LogP contribution >= 0.6 is 0 Å². The number of nitrogens with zero attached hydrogens (tertiary/aromatic N) is 1. The first kappa shape index (κ1) is 6.93. The number of fused-ring (bicyclic) bond motifs is 1. The van der Waals surface area contributed by atoms with Gasteiger partial charge < -0.3 is 4.74 Å². The summed E-state index contributed by atoms with van der Waals surface area (Å²) in [7, 11) is 0. The second kappa shape index (κ2) is 2.71. The molecule has 2 rings (SSSR count). The van der Waals surface area contributed by atoms with E-state index in [2.05, 4.69) is 6.07 Å². The van der Waals surface area contributed by atoms with Crippen LogP contribution in [0.3, 0.4) is 0 Å². The van der Waals surface area contributed by atoms with Crippen LogP contribution in [-0.4, -0.2) is 6.61 Å². The third kappa shape index (κ3) is 1.06. The predicted octanol–water partition coefficient (Wildman–Crippen LogP) is 1.99. The van der Waals surface area contributed by atoms with Crippen LogP contribution in [0.5, 0.6) is 5.75 Å². The van der Waals surface area contributed by atoms with E-state index in [1.54, 1.807) is 0 Å². The monoisotopic (exact) mass is 157 g/mol. The molecule has 0 bridgehead atoms. The number of rotatable bonds is 0. The minimum atomic E-state index is 0.396. The number of hydrogen-bond acceptors (Lipinski definition) is 2. The van der Waals surface area contributed by atoms with Gasteiger partial charge in [0, 0.05) is 5.56 Å². The smallest absolute Gasteiger partial charge is 0.127 e. The summed E-state index contributed by atoms with van der Waals surface area (Å²) in [4.78, 5) is 0. The highest BCUT2D eigenvalue weighted by Gasteiger charge is 2.08. The van der Waals surface area contributed by atoms with Crippen molar-refractivity contribution in [2.45, 2.75) is 0 Å². The molecule has 0 radical (unpaired) electrons. The maximum atomic E-state index is 8.62. The first-order valence-electron chi connectivity index (χ1n) is 3.72. The van der Waals surface area contributed by atoms with Crippen molar-refractivity contribution in [1.82, 2.24) is 0 Å². The Balaban J connectivity index is 2.49. The van der Waals surface area contributed by atoms with Crippen molar-refractivity contribution in [2.75, 3.05) is 6.61 Å². The molecule has 0 amide bonds. The topological polar surface area (TPSA) is 33.0 Å². The largest absolute Gasteiger partial charge is 0.488 e. The number of benzene rings is 1. The zero-order valence-corrected chi connectivity index (χ0v) is 6.45. The van der Waals surface area contributed by atoms with E-state index in [4.69, 9.17) is 10.00 Å². The van der Waals surface area contributed by atoms with Gasteiger partial charge in [-0.15, -0.1) is 0 Å². The molecule has 1 aliphatic heterocycles. The normalized spacial score (nSPS) is 13.8. The van der Waals surface area contributed by atoms with E-state index in [0.29, 0.717) is 12.2 Å². The second-order valence-electron chi connectivity index (χ2n) is 2.61. The Kier molecular flexibility index (Phi) is 1.56. The summed E-state index contributed by atoms with van der Waals surface area (Å²) in [5.74, 6) is 0.858. The molecule has 0 aromatic heterocycles. The summed E-state index contributed by atoms with van der Waals surface area (Å²) in [6.07, 6.45) is 1.86. The maximum Gasteiger partial charge on any atom is 0.127 e. The number of para-hydroxylation sites is 1. The summed E-state index contributed by atoms with van der Waals surface area (Å²) in [5, 5.41) is 8.62. The lowest BCUT2D eigenvalue weighted by Crippen LogP contribution is -2.05. The molecular weight excluding hydrogens is 150 g/mol. The van der Waals surface area contributed by atoms with Crippen molar-refractivity contribution in [3.05, 3.63) is 35.4 Å². The van der Waals surface area contributed by atoms with Crippen LogP contribution in [0.4, 0.5) is 0 Å². The van der Waals surface area contributed by atoms with Crippen molar-refractivity contribution in [2.24, 2.45) is 0 Å². The van der Waals surface area contributed by atoms with Crippen LogP contribution < -0.4 is 4.74 Å². The van der Waals surface area contributed by atoms with E-state index in [1.165, 1.54) is 0 Å². The molecule has 1 aromatic rings. The predicted molar refractivity (Wildman–Crippen MR) is 45.5 cm³/mol. The minimum absolute atomic E-state index is 0.396. The third-order valence-corrected chi connectivity index (χ3v) is 1.78. The van der Waals surface area contributed by atoms with Crippen molar-refractivity contribution in [3.8, 4) is 11.8 Å². The molecule has 2 heteroatoms. The van der Waals surface area contributed by atoms with Gasteiger partial charge in [0.1, 0.15) is 12.4 Å². The molecule has 0 fully saturated rings. The second-order valence-corrected chi connectivity index (χ2v) is 2.61. The average Bonchev–Trinajstić information content (AvgIpc) is 2.17. The summed E-state index contributed by atoms with van der Waals surface area (Å²) in [6, 6.07) is 9.77. The standard InChI is InChI=1S/C10H7NO/c11-6-8-5-9-3-1-2-4-10(9)12-7-8/h1-5H,7H2. The quantitative estimate of drug-likeness (QED) is 0.577. The van der Waals surface area contributed by atoms with Gasteiger partial charge in [0.25, 0.3) is 0 Å². The van der Waals surface area contributed by atoms with Gasteiger partial charge in [0.05, 0.1) is 11.6 Å². The Labute approximate surface area is 70.7 Å². The summed E-state index contributed by atoms with van der Waals surface area (Å²) in [6.45, 7) is 0.396. The summed E-state index contributed by atoms with van der Waals surface area (Å²) >= 11 is 0. The zero-order valence-electron chi connectivity index (χ0n) is 6.45. The molecule has 1 aromatic carbocycles. The molecule has 1 aliphatic rings. The zero-order chi connectivity index (χ0) is 8.39. The third-order valence-electron chi connectivity index (χ3n) is 1.78. The van der Waals surface area contributed by atoms with E-state index in [0.717, 1.165) is 11.3 Å². The summed E-state index contributed by atoms with van der Waals surface area (Å²) < 4.78 is 5.34. The lowest BCUT2D eigenvalue weighted by atomic mass is 10.1. The van der Waals surface area contributed by atoms with Gasteiger partial charge in [-0.3, -0.25) is 0 Å². The average molecular weight is 157 g/mol. The van der Waals surface area contributed by atoms with Crippen molar-refractivity contribution >= 4 is 6.08 Å². The van der Waals surface area contributed by atoms with Gasteiger partial charge in [-0.25, -0.2) is 0 Å². The molecule has 0 saturated carbocycles. The highest BCUT2D eigenvalue weighted by molar-refractivity contribution is 5.64. The first-order chi connectivity index (χ1) is 5.90. The van der Waals surface area contributed by atoms with Gasteiger partial charge in [-0.05, 0) is 12.1 Å². The van der Waals surface area contributed by atoms with E-state index in [-0.39, 0.29) is 0 Å². The van der Waals surface area contributed by atoms with Gasteiger partial charge in [0.2, 0.25) is 0 Å². The van der Waals surface area contributed by atoms with E-state index < -0.39 is 0 Å². The van der Waals surface area contributed by atoms with Crippen LogP contribution in [0.25, 0.3) is 6.08 Å². The van der Waals surface area contributed by atoms with E-state index in [1.807, 2.05) is 30.3 Å². The van der Waals surface area contributed by atoms with Crippen LogP contribution in [0.15, 0.2) is 29.8 Å². The first-order valence-corrected chi connectivity index (χ1v) is 3.72. The Hall–Kier alpha value is -1.75. The lowest BCUT2D eigenvalue weighted by molar-refractivity contribution is 0.352. The molecule has 58 valence electrons. The highest BCUT2D eigenvalue weighted by Crippen LogP contribution is 2.24. The Morgan fingerprint density at radius 2 is 2.17 bits per heavy atom. The van der Waals surface area contributed by atoms with Gasteiger partial charge in [0.15, 0.2) is 0 Å². The van der Waals surface area contributed by atoms with Crippen LogP contribution in [-0.2, 0) is 0 Å². The molecule has 0 atom stereocenters. The van der Waals surface area contributed by atoms with Gasteiger partial charge in [-0.2, -0.15) is 5.26 Å². The fourth-order valence-corrected chi connectivity index (χ4v) is 1.18. The minimum Gasteiger partial charge on any atom is -0.488 e. The number of nitriles is 1.